The zero-order valence-electron chi connectivity index (χ0n) is 11.0. The molecular formula is C14H14N4O3. The monoisotopic (exact) mass is 286 g/mol. The average molecular weight is 286 g/mol. The van der Waals surface area contributed by atoms with Crippen LogP contribution in [0.1, 0.15) is 0 Å². The van der Waals surface area contributed by atoms with Crippen LogP contribution >= 0.6 is 0 Å². The lowest BCUT2D eigenvalue weighted by Crippen LogP contribution is -2.31. The molecule has 0 amide bonds. The van der Waals surface area contributed by atoms with Gasteiger partial charge in [0.05, 0.1) is 6.20 Å². The molecule has 2 rings (SSSR count). The molecule has 0 atom stereocenters. The number of carboxylic acids is 1. The number of hydrogen-bond acceptors (Lipinski definition) is 6. The van der Waals surface area contributed by atoms with Gasteiger partial charge < -0.3 is 15.6 Å². The third kappa shape index (κ3) is 3.48. The van der Waals surface area contributed by atoms with Crippen molar-refractivity contribution in [3.05, 3.63) is 60.4 Å². The number of ether oxygens (including phenoxy) is 1. The van der Waals surface area contributed by atoms with Crippen LogP contribution in [0.15, 0.2) is 60.4 Å². The van der Waals surface area contributed by atoms with Gasteiger partial charge in [-0.3, -0.25) is 10.4 Å². The lowest BCUT2D eigenvalue weighted by molar-refractivity contribution is -0.132. The summed E-state index contributed by atoms with van der Waals surface area (Å²) >= 11 is 0. The molecule has 21 heavy (non-hydrogen) atoms. The number of hydrogen-bond donors (Lipinski definition) is 4. The highest BCUT2D eigenvalue weighted by atomic mass is 16.5. The second kappa shape index (κ2) is 6.40. The number of carbonyl (C=O) groups is 1. The summed E-state index contributed by atoms with van der Waals surface area (Å²) in [5.41, 5.74) is 8.72. The molecule has 108 valence electrons. The van der Waals surface area contributed by atoms with Crippen LogP contribution in [0.4, 0.5) is 0 Å². The minimum atomic E-state index is -1.34. The van der Waals surface area contributed by atoms with E-state index in [-0.39, 0.29) is 5.88 Å². The minimum absolute atomic E-state index is 0.255. The molecule has 1 heterocycles. The first-order chi connectivity index (χ1) is 10.1. The molecule has 7 heteroatoms. The SMILES string of the molecule is NN/C(Oc1cncc(-c2ccccc2)c1)=C(\N)C(=O)O. The van der Waals surface area contributed by atoms with Crippen LogP contribution in [0.3, 0.4) is 0 Å². The molecule has 0 fully saturated rings. The molecule has 0 aliphatic carbocycles. The Labute approximate surface area is 120 Å². The predicted octanol–water partition coefficient (Wildman–Crippen LogP) is 0.803. The van der Waals surface area contributed by atoms with Crippen molar-refractivity contribution in [1.82, 2.24) is 10.4 Å². The zero-order valence-corrected chi connectivity index (χ0v) is 11.0. The van der Waals surface area contributed by atoms with Gasteiger partial charge in [-0.25, -0.2) is 10.6 Å². The maximum Gasteiger partial charge on any atom is 0.357 e. The molecule has 0 bridgehead atoms. The number of carboxylic acid groups (broad SMARTS) is 1. The molecule has 6 N–H and O–H groups in total. The number of aliphatic carboxylic acids is 1. The van der Waals surface area contributed by atoms with E-state index in [0.717, 1.165) is 11.1 Å². The van der Waals surface area contributed by atoms with E-state index in [4.69, 9.17) is 21.4 Å². The van der Waals surface area contributed by atoms with Gasteiger partial charge >= 0.3 is 5.97 Å². The summed E-state index contributed by atoms with van der Waals surface area (Å²) in [6.45, 7) is 0. The highest BCUT2D eigenvalue weighted by Gasteiger charge is 2.12. The summed E-state index contributed by atoms with van der Waals surface area (Å²) in [5, 5.41) is 8.82. The largest absolute Gasteiger partial charge is 0.476 e. The normalized spacial score (nSPS) is 11.5. The fourth-order valence-corrected chi connectivity index (χ4v) is 1.64. The van der Waals surface area contributed by atoms with Crippen LogP contribution in [-0.4, -0.2) is 16.1 Å². The smallest absolute Gasteiger partial charge is 0.357 e. The number of hydrazine groups is 1. The first-order valence-electron chi connectivity index (χ1n) is 6.00. The van der Waals surface area contributed by atoms with Gasteiger partial charge in [-0.15, -0.1) is 0 Å². The Balaban J connectivity index is 2.30. The maximum atomic E-state index is 10.8. The van der Waals surface area contributed by atoms with Crippen molar-refractivity contribution < 1.29 is 14.6 Å². The number of rotatable bonds is 5. The number of pyridine rings is 1. The summed E-state index contributed by atoms with van der Waals surface area (Å²) < 4.78 is 5.32. The Kier molecular flexibility index (Phi) is 4.37. The molecule has 0 aliphatic heterocycles. The van der Waals surface area contributed by atoms with Crippen LogP contribution < -0.4 is 21.7 Å². The molecular weight excluding hydrogens is 272 g/mol. The van der Waals surface area contributed by atoms with E-state index in [0.29, 0.717) is 5.75 Å². The maximum absolute atomic E-state index is 10.8. The number of nitrogens with two attached hydrogens (primary N) is 2. The fraction of sp³-hybridized carbons (Fsp3) is 0. The summed E-state index contributed by atoms with van der Waals surface area (Å²) in [4.78, 5) is 14.9. The van der Waals surface area contributed by atoms with Gasteiger partial charge in [0.1, 0.15) is 5.75 Å². The summed E-state index contributed by atoms with van der Waals surface area (Å²) in [5.74, 6) is 3.93. The Bertz CT molecular complexity index is 671. The molecule has 7 nitrogen and oxygen atoms in total. The van der Waals surface area contributed by atoms with Crippen molar-refractivity contribution in [3.63, 3.8) is 0 Å². The molecule has 0 saturated carbocycles. The standard InChI is InChI=1S/C14H14N4O3/c15-12(14(19)20)13(18-16)21-11-6-10(7-17-8-11)9-4-2-1-3-5-9/h1-8,18H,15-16H2,(H,19,20)/b13-12+. The van der Waals surface area contributed by atoms with Crippen LogP contribution in [0.2, 0.25) is 0 Å². The fourth-order valence-electron chi connectivity index (χ4n) is 1.64. The van der Waals surface area contributed by atoms with Crippen molar-refractivity contribution in [2.75, 3.05) is 0 Å². The number of aromatic nitrogens is 1. The van der Waals surface area contributed by atoms with Crippen molar-refractivity contribution >= 4 is 5.97 Å². The van der Waals surface area contributed by atoms with Gasteiger partial charge in [0, 0.05) is 11.8 Å². The highest BCUT2D eigenvalue weighted by Crippen LogP contribution is 2.23. The van der Waals surface area contributed by atoms with E-state index in [1.54, 1.807) is 12.3 Å². The minimum Gasteiger partial charge on any atom is -0.476 e. The molecule has 0 radical (unpaired) electrons. The Morgan fingerprint density at radius 1 is 1.19 bits per heavy atom. The van der Waals surface area contributed by atoms with Gasteiger partial charge in [-0.05, 0) is 11.6 Å². The summed E-state index contributed by atoms with van der Waals surface area (Å²) in [6.07, 6.45) is 3.10. The number of nitrogens with one attached hydrogen (secondary N) is 1. The quantitative estimate of drug-likeness (QED) is 0.277. The molecule has 0 saturated heterocycles. The molecule has 1 aromatic carbocycles. The highest BCUT2D eigenvalue weighted by molar-refractivity contribution is 5.85. The van der Waals surface area contributed by atoms with Crippen molar-refractivity contribution in [2.45, 2.75) is 0 Å². The van der Waals surface area contributed by atoms with E-state index in [1.165, 1.54) is 6.20 Å². The van der Waals surface area contributed by atoms with Crippen molar-refractivity contribution in [1.29, 1.82) is 0 Å². The molecule has 1 aromatic heterocycles. The third-order valence-electron chi connectivity index (χ3n) is 2.65. The second-order valence-electron chi connectivity index (χ2n) is 4.07. The van der Waals surface area contributed by atoms with Crippen LogP contribution in [-0.2, 0) is 4.79 Å². The number of nitrogens with zero attached hydrogens (tertiary/aromatic N) is 1. The Hall–Kier alpha value is -3.06. The Morgan fingerprint density at radius 3 is 2.52 bits per heavy atom. The van der Waals surface area contributed by atoms with Gasteiger partial charge in [-0.1, -0.05) is 30.3 Å². The van der Waals surface area contributed by atoms with Gasteiger partial charge in [0.2, 0.25) is 5.88 Å². The molecule has 2 aromatic rings. The third-order valence-corrected chi connectivity index (χ3v) is 2.65. The molecule has 0 aliphatic rings. The van der Waals surface area contributed by atoms with Crippen molar-refractivity contribution in [3.8, 4) is 16.9 Å². The van der Waals surface area contributed by atoms with Crippen LogP contribution in [0, 0.1) is 0 Å². The number of benzene rings is 1. The zero-order chi connectivity index (χ0) is 15.2. The van der Waals surface area contributed by atoms with Gasteiger partial charge in [0.25, 0.3) is 0 Å². The Morgan fingerprint density at radius 2 is 1.90 bits per heavy atom. The first kappa shape index (κ1) is 14.4. The lowest BCUT2D eigenvalue weighted by Gasteiger charge is -2.11. The summed E-state index contributed by atoms with van der Waals surface area (Å²) in [7, 11) is 0. The average Bonchev–Trinajstić information content (AvgIpc) is 2.53. The van der Waals surface area contributed by atoms with E-state index in [9.17, 15) is 4.79 Å². The van der Waals surface area contributed by atoms with Crippen molar-refractivity contribution in [2.24, 2.45) is 11.6 Å². The first-order valence-corrected chi connectivity index (χ1v) is 6.00. The van der Waals surface area contributed by atoms with E-state index < -0.39 is 11.7 Å². The molecule has 0 spiro atoms. The van der Waals surface area contributed by atoms with E-state index in [1.807, 2.05) is 30.3 Å². The summed E-state index contributed by atoms with van der Waals surface area (Å²) in [6, 6.07) is 11.3. The topological polar surface area (TPSA) is 123 Å². The van der Waals surface area contributed by atoms with Crippen LogP contribution in [0.25, 0.3) is 11.1 Å². The van der Waals surface area contributed by atoms with Gasteiger partial charge in [0.15, 0.2) is 5.70 Å². The van der Waals surface area contributed by atoms with Crippen LogP contribution in [0.5, 0.6) is 5.75 Å². The lowest BCUT2D eigenvalue weighted by atomic mass is 10.1. The van der Waals surface area contributed by atoms with E-state index in [2.05, 4.69) is 10.4 Å². The predicted molar refractivity (Wildman–Crippen MR) is 76.5 cm³/mol. The molecule has 0 unspecified atom stereocenters. The van der Waals surface area contributed by atoms with Gasteiger partial charge in [-0.2, -0.15) is 0 Å². The second-order valence-corrected chi connectivity index (χ2v) is 4.07. The van der Waals surface area contributed by atoms with E-state index >= 15 is 0 Å².